The Hall–Kier alpha value is -1.70. The minimum Gasteiger partial charge on any atom is -0.351 e. The van der Waals surface area contributed by atoms with Crippen molar-refractivity contribution >= 4 is 60.8 Å². The summed E-state index contributed by atoms with van der Waals surface area (Å²) in [5.74, 6) is -0.178. The van der Waals surface area contributed by atoms with E-state index < -0.39 is 0 Å². The zero-order valence-electron chi connectivity index (χ0n) is 13.3. The second kappa shape index (κ2) is 7.68. The summed E-state index contributed by atoms with van der Waals surface area (Å²) in [5.41, 5.74) is 3.02. The third-order valence-corrected chi connectivity index (χ3v) is 5.30. The van der Waals surface area contributed by atoms with E-state index in [-0.39, 0.29) is 11.9 Å². The fourth-order valence-corrected chi connectivity index (χ4v) is 3.72. The van der Waals surface area contributed by atoms with Crippen LogP contribution in [0.2, 0.25) is 0 Å². The Bertz CT molecular complexity index is 865. The molecule has 0 radical (unpaired) electrons. The number of anilines is 1. The molecule has 3 N–H and O–H groups in total. The van der Waals surface area contributed by atoms with Gasteiger partial charge in [0.2, 0.25) is 0 Å². The van der Waals surface area contributed by atoms with Gasteiger partial charge in [0.1, 0.15) is 0 Å². The van der Waals surface area contributed by atoms with Crippen LogP contribution in [0.3, 0.4) is 0 Å². The monoisotopic (exact) mass is 479 g/mol. The van der Waals surface area contributed by atoms with Gasteiger partial charge in [0.05, 0.1) is 11.6 Å². The summed E-state index contributed by atoms with van der Waals surface area (Å²) in [7, 11) is 0. The lowest BCUT2D eigenvalue weighted by atomic mass is 9.95. The number of rotatable bonds is 3. The highest BCUT2D eigenvalue weighted by Crippen LogP contribution is 2.32. The number of amides is 1. The van der Waals surface area contributed by atoms with Crippen LogP contribution in [0.25, 0.3) is 0 Å². The molecular formula is C18H15Br2N3OS. The molecule has 128 valence electrons. The van der Waals surface area contributed by atoms with Gasteiger partial charge in [-0.2, -0.15) is 0 Å². The predicted octanol–water partition coefficient (Wildman–Crippen LogP) is 4.64. The van der Waals surface area contributed by atoms with Gasteiger partial charge in [-0.25, -0.2) is 0 Å². The summed E-state index contributed by atoms with van der Waals surface area (Å²) in [5, 5.41) is 9.68. The minimum absolute atomic E-state index is 0.178. The zero-order chi connectivity index (χ0) is 18.0. The highest BCUT2D eigenvalue weighted by atomic mass is 79.9. The Labute approximate surface area is 168 Å². The van der Waals surface area contributed by atoms with Crippen molar-refractivity contribution in [2.45, 2.75) is 13.0 Å². The van der Waals surface area contributed by atoms with Crippen LogP contribution in [-0.4, -0.2) is 11.0 Å². The molecule has 0 saturated carbocycles. The first-order valence-corrected chi connectivity index (χ1v) is 9.55. The Balaban J connectivity index is 1.96. The number of benzene rings is 2. The lowest BCUT2D eigenvalue weighted by Crippen LogP contribution is -2.45. The van der Waals surface area contributed by atoms with Crippen molar-refractivity contribution in [2.75, 3.05) is 5.32 Å². The van der Waals surface area contributed by atoms with Crippen LogP contribution >= 0.6 is 44.1 Å². The minimum atomic E-state index is -0.334. The number of allylic oxidation sites excluding steroid dienone is 1. The smallest absolute Gasteiger partial charge is 0.255 e. The van der Waals surface area contributed by atoms with E-state index in [0.717, 1.165) is 25.9 Å². The van der Waals surface area contributed by atoms with Gasteiger partial charge in [-0.1, -0.05) is 50.1 Å². The second-order valence-electron chi connectivity index (χ2n) is 5.55. The molecule has 2 aromatic carbocycles. The maximum absolute atomic E-state index is 12.9. The summed E-state index contributed by atoms with van der Waals surface area (Å²) >= 11 is 12.2. The molecule has 0 spiro atoms. The quantitative estimate of drug-likeness (QED) is 0.560. The van der Waals surface area contributed by atoms with Crippen molar-refractivity contribution in [3.8, 4) is 0 Å². The number of carbonyl (C=O) groups excluding carboxylic acids is 1. The highest BCUT2D eigenvalue weighted by molar-refractivity contribution is 9.10. The van der Waals surface area contributed by atoms with Crippen molar-refractivity contribution in [1.29, 1.82) is 0 Å². The Morgan fingerprint density at radius 2 is 1.80 bits per heavy atom. The molecule has 0 saturated heterocycles. The van der Waals surface area contributed by atoms with Crippen molar-refractivity contribution in [3.05, 3.63) is 74.3 Å². The molecule has 1 heterocycles. The Morgan fingerprint density at radius 1 is 1.12 bits per heavy atom. The van der Waals surface area contributed by atoms with Crippen LogP contribution in [0.15, 0.2) is 68.7 Å². The predicted molar refractivity (Wildman–Crippen MR) is 111 cm³/mol. The maximum Gasteiger partial charge on any atom is 0.255 e. The SMILES string of the molecule is CC1=C(C(=O)Nc2ccc(Br)cc2)[C@H](c2ccccc2Br)NC(=S)N1. The van der Waals surface area contributed by atoms with Gasteiger partial charge in [-0.3, -0.25) is 4.79 Å². The molecule has 0 bridgehead atoms. The average Bonchev–Trinajstić information content (AvgIpc) is 2.56. The van der Waals surface area contributed by atoms with Gasteiger partial charge in [-0.15, -0.1) is 0 Å². The van der Waals surface area contributed by atoms with Crippen molar-refractivity contribution < 1.29 is 4.79 Å². The van der Waals surface area contributed by atoms with E-state index in [0.29, 0.717) is 10.7 Å². The van der Waals surface area contributed by atoms with Gasteiger partial charge in [0, 0.05) is 20.3 Å². The van der Waals surface area contributed by atoms with Crippen LogP contribution in [0.5, 0.6) is 0 Å². The summed E-state index contributed by atoms with van der Waals surface area (Å²) < 4.78 is 1.87. The fourth-order valence-electron chi connectivity index (χ4n) is 2.67. The number of hydrogen-bond acceptors (Lipinski definition) is 2. The normalized spacial score (nSPS) is 16.9. The highest BCUT2D eigenvalue weighted by Gasteiger charge is 2.30. The van der Waals surface area contributed by atoms with Gasteiger partial charge in [0.15, 0.2) is 5.11 Å². The number of hydrogen-bond donors (Lipinski definition) is 3. The summed E-state index contributed by atoms with van der Waals surface area (Å²) in [4.78, 5) is 12.9. The number of halogens is 2. The lowest BCUT2D eigenvalue weighted by Gasteiger charge is -2.31. The van der Waals surface area contributed by atoms with Crippen LogP contribution in [0.1, 0.15) is 18.5 Å². The Morgan fingerprint density at radius 3 is 2.48 bits per heavy atom. The lowest BCUT2D eigenvalue weighted by molar-refractivity contribution is -0.113. The van der Waals surface area contributed by atoms with Crippen molar-refractivity contribution in [3.63, 3.8) is 0 Å². The molecule has 4 nitrogen and oxygen atoms in total. The third kappa shape index (κ3) is 4.11. The number of nitrogens with one attached hydrogen (secondary N) is 3. The molecular weight excluding hydrogens is 466 g/mol. The molecule has 0 aliphatic carbocycles. The van der Waals surface area contributed by atoms with Gasteiger partial charge < -0.3 is 16.0 Å². The molecule has 7 heteroatoms. The van der Waals surface area contributed by atoms with E-state index in [1.807, 2.05) is 55.5 Å². The molecule has 1 amide bonds. The molecule has 3 rings (SSSR count). The zero-order valence-corrected chi connectivity index (χ0v) is 17.3. The largest absolute Gasteiger partial charge is 0.351 e. The molecule has 0 unspecified atom stereocenters. The topological polar surface area (TPSA) is 53.2 Å². The molecule has 2 aromatic rings. The van der Waals surface area contributed by atoms with E-state index in [2.05, 4.69) is 47.8 Å². The molecule has 0 aromatic heterocycles. The summed E-state index contributed by atoms with van der Waals surface area (Å²) in [6.45, 7) is 1.85. The van der Waals surface area contributed by atoms with E-state index in [1.54, 1.807) is 0 Å². The van der Waals surface area contributed by atoms with E-state index >= 15 is 0 Å². The first-order valence-electron chi connectivity index (χ1n) is 7.55. The fraction of sp³-hybridized carbons (Fsp3) is 0.111. The van der Waals surface area contributed by atoms with E-state index in [4.69, 9.17) is 12.2 Å². The second-order valence-corrected chi connectivity index (χ2v) is 7.73. The number of carbonyl (C=O) groups is 1. The van der Waals surface area contributed by atoms with Gasteiger partial charge >= 0.3 is 0 Å². The first kappa shape index (κ1) is 18.1. The molecule has 1 aliphatic heterocycles. The van der Waals surface area contributed by atoms with Crippen molar-refractivity contribution in [1.82, 2.24) is 10.6 Å². The van der Waals surface area contributed by atoms with E-state index in [1.165, 1.54) is 0 Å². The molecule has 25 heavy (non-hydrogen) atoms. The van der Waals surface area contributed by atoms with Crippen LogP contribution in [0.4, 0.5) is 5.69 Å². The number of thiocarbonyl (C=S) groups is 1. The van der Waals surface area contributed by atoms with Crippen LogP contribution < -0.4 is 16.0 Å². The van der Waals surface area contributed by atoms with Crippen LogP contribution in [-0.2, 0) is 4.79 Å². The molecule has 1 aliphatic rings. The first-order chi connectivity index (χ1) is 12.0. The van der Waals surface area contributed by atoms with Gasteiger partial charge in [0.25, 0.3) is 5.91 Å². The van der Waals surface area contributed by atoms with Gasteiger partial charge in [-0.05, 0) is 55.0 Å². The average molecular weight is 481 g/mol. The molecule has 1 atom stereocenters. The van der Waals surface area contributed by atoms with Crippen molar-refractivity contribution in [2.24, 2.45) is 0 Å². The Kier molecular flexibility index (Phi) is 5.56. The molecule has 0 fully saturated rings. The van der Waals surface area contributed by atoms with E-state index in [9.17, 15) is 4.79 Å². The summed E-state index contributed by atoms with van der Waals surface area (Å²) in [6, 6.07) is 14.9. The third-order valence-electron chi connectivity index (χ3n) is 3.83. The van der Waals surface area contributed by atoms with Crippen LogP contribution in [0, 0.1) is 0 Å². The summed E-state index contributed by atoms with van der Waals surface area (Å²) in [6.07, 6.45) is 0. The standard InChI is InChI=1S/C18H15Br2N3OS/c1-10-15(17(24)22-12-8-6-11(19)7-9-12)16(23-18(25)21-10)13-4-2-3-5-14(13)20/h2-9,16H,1H3,(H,22,24)(H2,21,23,25)/t16-/m0/s1. The maximum atomic E-state index is 12.9.